The van der Waals surface area contributed by atoms with Gasteiger partial charge in [0.1, 0.15) is 30.5 Å². The molecule has 11 nitrogen and oxygen atoms in total. The van der Waals surface area contributed by atoms with Crippen LogP contribution < -0.4 is 0 Å². The lowest BCUT2D eigenvalue weighted by molar-refractivity contribution is -0.359. The van der Waals surface area contributed by atoms with Gasteiger partial charge in [-0.25, -0.2) is 19.6 Å². The summed E-state index contributed by atoms with van der Waals surface area (Å²) >= 11 is 0. The quantitative estimate of drug-likeness (QED) is 0.236. The number of hydrogen-bond acceptors (Lipinski definition) is 11. The minimum Gasteiger partial charge on any atom is -0.394 e. The zero-order valence-corrected chi connectivity index (χ0v) is 17.1. The van der Waals surface area contributed by atoms with Gasteiger partial charge in [-0.3, -0.25) is 0 Å². The van der Waals surface area contributed by atoms with Gasteiger partial charge in [0, 0.05) is 18.9 Å². The van der Waals surface area contributed by atoms with Crippen LogP contribution in [-0.2, 0) is 33.8 Å². The van der Waals surface area contributed by atoms with Crippen molar-refractivity contribution in [3.63, 3.8) is 0 Å². The van der Waals surface area contributed by atoms with Gasteiger partial charge in [0.25, 0.3) is 0 Å². The molecule has 172 valence electrons. The van der Waals surface area contributed by atoms with Crippen LogP contribution in [0.1, 0.15) is 26.2 Å². The summed E-state index contributed by atoms with van der Waals surface area (Å²) in [6.45, 7) is 2.23. The maximum Gasteiger partial charge on any atom is 0.187 e. The fraction of sp³-hybridized carbons (Fsp3) is 1.00. The second kappa shape index (κ2) is 12.4. The second-order valence-electron chi connectivity index (χ2n) is 7.27. The third kappa shape index (κ3) is 6.52. The van der Waals surface area contributed by atoms with E-state index in [-0.39, 0.29) is 18.6 Å². The van der Waals surface area contributed by atoms with Crippen LogP contribution in [0, 0.1) is 5.92 Å². The van der Waals surface area contributed by atoms with Crippen molar-refractivity contribution in [1.82, 2.24) is 0 Å². The molecule has 0 bridgehead atoms. The van der Waals surface area contributed by atoms with E-state index in [1.807, 2.05) is 6.92 Å². The first kappa shape index (κ1) is 24.8. The van der Waals surface area contributed by atoms with E-state index >= 15 is 0 Å². The molecule has 2 rings (SSSR count). The topological polar surface area (TPSA) is 146 Å². The van der Waals surface area contributed by atoms with Crippen LogP contribution in [0.2, 0.25) is 0 Å². The molecule has 0 aromatic heterocycles. The molecular formula is C18H34O11. The fourth-order valence-corrected chi connectivity index (χ4v) is 3.69. The van der Waals surface area contributed by atoms with Crippen molar-refractivity contribution in [2.75, 3.05) is 34.0 Å². The van der Waals surface area contributed by atoms with E-state index in [2.05, 4.69) is 0 Å². The number of rotatable bonds is 11. The number of aliphatic hydroxyl groups is 4. The highest BCUT2D eigenvalue weighted by Crippen LogP contribution is 2.34. The average molecular weight is 426 g/mol. The average Bonchev–Trinajstić information content (AvgIpc) is 2.72. The van der Waals surface area contributed by atoms with Crippen LogP contribution >= 0.6 is 0 Å². The smallest absolute Gasteiger partial charge is 0.187 e. The molecule has 1 saturated carbocycles. The molecule has 4 N–H and O–H groups in total. The molecule has 11 heteroatoms. The predicted octanol–water partition coefficient (Wildman–Crippen LogP) is -1.10. The molecule has 2 fully saturated rings. The summed E-state index contributed by atoms with van der Waals surface area (Å²) in [6.07, 6.45) is -6.40. The summed E-state index contributed by atoms with van der Waals surface area (Å²) in [5, 5.41) is 39.6. The Balaban J connectivity index is 2.11. The minimum atomic E-state index is -1.52. The third-order valence-corrected chi connectivity index (χ3v) is 5.25. The number of aliphatic hydroxyl groups excluding tert-OH is 4. The molecule has 9 atom stereocenters. The molecule has 1 aliphatic carbocycles. The summed E-state index contributed by atoms with van der Waals surface area (Å²) in [5.41, 5.74) is 0. The van der Waals surface area contributed by atoms with E-state index in [9.17, 15) is 20.4 Å². The van der Waals surface area contributed by atoms with Gasteiger partial charge in [0.05, 0.1) is 39.6 Å². The van der Waals surface area contributed by atoms with Crippen molar-refractivity contribution in [2.24, 2.45) is 5.92 Å². The minimum absolute atomic E-state index is 0.0913. The van der Waals surface area contributed by atoms with Crippen molar-refractivity contribution in [3.8, 4) is 0 Å². The highest BCUT2D eigenvalue weighted by Gasteiger charge is 2.47. The number of ether oxygens (including phenoxy) is 3. The Hall–Kier alpha value is -0.440. The van der Waals surface area contributed by atoms with Crippen LogP contribution in [0.3, 0.4) is 0 Å². The molecule has 29 heavy (non-hydrogen) atoms. The first-order valence-electron chi connectivity index (χ1n) is 9.89. The molecule has 1 saturated heterocycles. The standard InChI is InChI=1S/C18H34O11/c1-4-5-25-12-6-10(9-26-23-2)11(29-24-3)7-13(12)27-18-17(22)16(21)15(20)14(8-19)28-18/h10-22H,4-9H2,1-3H3. The highest BCUT2D eigenvalue weighted by atomic mass is 17.2. The Morgan fingerprint density at radius 2 is 1.69 bits per heavy atom. The Labute approximate surface area is 170 Å². The van der Waals surface area contributed by atoms with Gasteiger partial charge in [-0.15, -0.1) is 0 Å². The fourth-order valence-electron chi connectivity index (χ4n) is 3.69. The molecule has 0 aromatic rings. The van der Waals surface area contributed by atoms with Crippen LogP contribution in [0.15, 0.2) is 0 Å². The molecule has 0 radical (unpaired) electrons. The van der Waals surface area contributed by atoms with Crippen LogP contribution in [0.25, 0.3) is 0 Å². The lowest BCUT2D eigenvalue weighted by atomic mass is 9.83. The maximum absolute atomic E-state index is 10.3. The Morgan fingerprint density at radius 3 is 2.31 bits per heavy atom. The second-order valence-corrected chi connectivity index (χ2v) is 7.27. The van der Waals surface area contributed by atoms with Gasteiger partial charge in [0.2, 0.25) is 0 Å². The largest absolute Gasteiger partial charge is 0.394 e. The normalized spacial score (nSPS) is 40.9. The Morgan fingerprint density at radius 1 is 0.931 bits per heavy atom. The molecule has 1 aliphatic heterocycles. The van der Waals surface area contributed by atoms with Crippen molar-refractivity contribution >= 4 is 0 Å². The van der Waals surface area contributed by atoms with Crippen LogP contribution in [0.5, 0.6) is 0 Å². The lowest BCUT2D eigenvalue weighted by Gasteiger charge is -2.44. The summed E-state index contributed by atoms with van der Waals surface area (Å²) in [7, 11) is 2.83. The van der Waals surface area contributed by atoms with Gasteiger partial charge in [-0.05, 0) is 12.8 Å². The Bertz CT molecular complexity index is 452. The monoisotopic (exact) mass is 426 g/mol. The molecule has 9 unspecified atom stereocenters. The molecule has 0 amide bonds. The van der Waals surface area contributed by atoms with E-state index in [0.717, 1.165) is 6.42 Å². The molecule has 0 spiro atoms. The van der Waals surface area contributed by atoms with E-state index in [4.69, 9.17) is 33.8 Å². The molecule has 0 aromatic carbocycles. The first-order valence-corrected chi connectivity index (χ1v) is 9.89. The highest BCUT2D eigenvalue weighted by molar-refractivity contribution is 4.92. The third-order valence-electron chi connectivity index (χ3n) is 5.25. The SMILES string of the molecule is CCCOC1CC(COOC)C(OOC)CC1OC1OC(CO)C(O)C(O)C1O. The summed E-state index contributed by atoms with van der Waals surface area (Å²) < 4.78 is 17.4. The van der Waals surface area contributed by atoms with Crippen molar-refractivity contribution in [2.45, 2.75) is 75.2 Å². The maximum atomic E-state index is 10.3. The van der Waals surface area contributed by atoms with E-state index in [1.54, 1.807) is 0 Å². The van der Waals surface area contributed by atoms with Gasteiger partial charge >= 0.3 is 0 Å². The Kier molecular flexibility index (Phi) is 10.6. The predicted molar refractivity (Wildman–Crippen MR) is 96.2 cm³/mol. The first-order chi connectivity index (χ1) is 14.0. The molecule has 1 heterocycles. The number of hydrogen-bond donors (Lipinski definition) is 4. The van der Waals surface area contributed by atoms with Gasteiger partial charge in [-0.2, -0.15) is 0 Å². The van der Waals surface area contributed by atoms with Gasteiger partial charge in [0.15, 0.2) is 6.29 Å². The van der Waals surface area contributed by atoms with Gasteiger partial charge in [-0.1, -0.05) is 6.92 Å². The molecular weight excluding hydrogens is 392 g/mol. The zero-order valence-electron chi connectivity index (χ0n) is 17.1. The summed E-state index contributed by atoms with van der Waals surface area (Å²) in [4.78, 5) is 20.0. The summed E-state index contributed by atoms with van der Waals surface area (Å²) in [6, 6.07) is 0. The summed E-state index contributed by atoms with van der Waals surface area (Å²) in [5.74, 6) is -0.0913. The van der Waals surface area contributed by atoms with Gasteiger partial charge < -0.3 is 34.6 Å². The lowest BCUT2D eigenvalue weighted by Crippen LogP contribution is -2.60. The zero-order chi connectivity index (χ0) is 21.4. The van der Waals surface area contributed by atoms with E-state index in [0.29, 0.717) is 19.4 Å². The van der Waals surface area contributed by atoms with Crippen LogP contribution in [0.4, 0.5) is 0 Å². The van der Waals surface area contributed by atoms with E-state index < -0.39 is 49.5 Å². The van der Waals surface area contributed by atoms with Crippen LogP contribution in [-0.4, -0.2) is 103 Å². The molecule has 2 aliphatic rings. The van der Waals surface area contributed by atoms with Crippen molar-refractivity contribution in [3.05, 3.63) is 0 Å². The van der Waals surface area contributed by atoms with Crippen molar-refractivity contribution < 1.29 is 54.2 Å². The van der Waals surface area contributed by atoms with E-state index in [1.165, 1.54) is 14.2 Å². The van der Waals surface area contributed by atoms with Crippen molar-refractivity contribution in [1.29, 1.82) is 0 Å².